The minimum atomic E-state index is 0.805. The maximum atomic E-state index is 6.11. The SMILES string of the molecule is CCN(CCNc1ccccc1Cl)CC1CCC1. The summed E-state index contributed by atoms with van der Waals surface area (Å²) in [6.07, 6.45) is 4.28. The number of likely N-dealkylation sites (N-methyl/N-ethyl adjacent to an activating group) is 1. The van der Waals surface area contributed by atoms with Gasteiger partial charge in [-0.05, 0) is 37.4 Å². The van der Waals surface area contributed by atoms with Crippen LogP contribution in [0.4, 0.5) is 5.69 Å². The Kier molecular flexibility index (Phi) is 5.33. The van der Waals surface area contributed by atoms with Crippen LogP contribution in [0.2, 0.25) is 5.02 Å². The van der Waals surface area contributed by atoms with E-state index in [9.17, 15) is 0 Å². The molecule has 0 unspecified atom stereocenters. The van der Waals surface area contributed by atoms with E-state index in [1.807, 2.05) is 24.3 Å². The third kappa shape index (κ3) is 3.89. The Labute approximate surface area is 115 Å². The van der Waals surface area contributed by atoms with Gasteiger partial charge in [-0.25, -0.2) is 0 Å². The second kappa shape index (κ2) is 7.01. The fraction of sp³-hybridized carbons (Fsp3) is 0.600. The molecule has 0 radical (unpaired) electrons. The Morgan fingerprint density at radius 2 is 2.11 bits per heavy atom. The summed E-state index contributed by atoms with van der Waals surface area (Å²) in [6, 6.07) is 7.93. The Morgan fingerprint density at radius 1 is 1.33 bits per heavy atom. The molecule has 1 aliphatic carbocycles. The van der Waals surface area contributed by atoms with Gasteiger partial charge in [0.2, 0.25) is 0 Å². The van der Waals surface area contributed by atoms with Crippen molar-refractivity contribution in [3.05, 3.63) is 29.3 Å². The lowest BCUT2D eigenvalue weighted by molar-refractivity contribution is 0.189. The third-order valence-corrected chi connectivity index (χ3v) is 4.14. The van der Waals surface area contributed by atoms with Crippen LogP contribution >= 0.6 is 11.6 Å². The molecule has 100 valence electrons. The number of para-hydroxylation sites is 1. The number of hydrogen-bond acceptors (Lipinski definition) is 2. The third-order valence-electron chi connectivity index (χ3n) is 3.81. The molecule has 1 saturated carbocycles. The van der Waals surface area contributed by atoms with Gasteiger partial charge in [0.25, 0.3) is 0 Å². The fourth-order valence-corrected chi connectivity index (χ4v) is 2.57. The molecule has 0 saturated heterocycles. The van der Waals surface area contributed by atoms with Gasteiger partial charge < -0.3 is 10.2 Å². The minimum absolute atomic E-state index is 0.805. The predicted octanol–water partition coefficient (Wildman–Crippen LogP) is 3.87. The first-order chi connectivity index (χ1) is 8.79. The molecule has 0 amide bonds. The molecular weight excluding hydrogens is 244 g/mol. The van der Waals surface area contributed by atoms with Gasteiger partial charge in [0.05, 0.1) is 10.7 Å². The molecule has 0 aliphatic heterocycles. The van der Waals surface area contributed by atoms with E-state index in [0.717, 1.165) is 36.3 Å². The first kappa shape index (κ1) is 13.7. The number of rotatable bonds is 7. The lowest BCUT2D eigenvalue weighted by atomic mass is 9.85. The number of nitrogens with zero attached hydrogens (tertiary/aromatic N) is 1. The molecule has 0 spiro atoms. The summed E-state index contributed by atoms with van der Waals surface area (Å²) in [6.45, 7) is 6.71. The van der Waals surface area contributed by atoms with Crippen LogP contribution in [0.15, 0.2) is 24.3 Å². The van der Waals surface area contributed by atoms with Crippen molar-refractivity contribution < 1.29 is 0 Å². The van der Waals surface area contributed by atoms with Crippen molar-refractivity contribution in [3.63, 3.8) is 0 Å². The molecule has 3 heteroatoms. The second-order valence-corrected chi connectivity index (χ2v) is 5.50. The molecule has 2 rings (SSSR count). The Morgan fingerprint density at radius 3 is 2.72 bits per heavy atom. The second-order valence-electron chi connectivity index (χ2n) is 5.10. The van der Waals surface area contributed by atoms with Gasteiger partial charge in [-0.15, -0.1) is 0 Å². The summed E-state index contributed by atoms with van der Waals surface area (Å²) in [4.78, 5) is 2.54. The van der Waals surface area contributed by atoms with Crippen LogP contribution in [0.25, 0.3) is 0 Å². The summed E-state index contributed by atoms with van der Waals surface area (Å²) >= 11 is 6.11. The Bertz CT molecular complexity index is 363. The predicted molar refractivity (Wildman–Crippen MR) is 79.4 cm³/mol. The standard InChI is InChI=1S/C15H23ClN2/c1-2-18(12-13-6-5-7-13)11-10-17-15-9-4-3-8-14(15)16/h3-4,8-9,13,17H,2,5-7,10-12H2,1H3. The molecule has 0 heterocycles. The average Bonchev–Trinajstić information content (AvgIpc) is 2.33. The van der Waals surface area contributed by atoms with Crippen molar-refractivity contribution in [1.82, 2.24) is 4.90 Å². The van der Waals surface area contributed by atoms with E-state index >= 15 is 0 Å². The van der Waals surface area contributed by atoms with Crippen molar-refractivity contribution in [2.75, 3.05) is 31.5 Å². The van der Waals surface area contributed by atoms with E-state index in [1.165, 1.54) is 25.8 Å². The number of anilines is 1. The smallest absolute Gasteiger partial charge is 0.0637 e. The van der Waals surface area contributed by atoms with E-state index in [-0.39, 0.29) is 0 Å². The van der Waals surface area contributed by atoms with E-state index in [4.69, 9.17) is 11.6 Å². The first-order valence-corrected chi connectivity index (χ1v) is 7.38. The zero-order valence-corrected chi connectivity index (χ0v) is 11.9. The monoisotopic (exact) mass is 266 g/mol. The lowest BCUT2D eigenvalue weighted by Crippen LogP contribution is -2.35. The molecule has 1 N–H and O–H groups in total. The normalized spacial score (nSPS) is 15.7. The van der Waals surface area contributed by atoms with Gasteiger partial charge in [0.1, 0.15) is 0 Å². The van der Waals surface area contributed by atoms with Gasteiger partial charge in [-0.2, -0.15) is 0 Å². The molecular formula is C15H23ClN2. The zero-order valence-electron chi connectivity index (χ0n) is 11.2. The highest BCUT2D eigenvalue weighted by Gasteiger charge is 2.19. The zero-order chi connectivity index (χ0) is 12.8. The molecule has 1 aromatic rings. The highest BCUT2D eigenvalue weighted by atomic mass is 35.5. The lowest BCUT2D eigenvalue weighted by Gasteiger charge is -2.31. The summed E-state index contributed by atoms with van der Waals surface area (Å²) < 4.78 is 0. The molecule has 1 fully saturated rings. The average molecular weight is 267 g/mol. The fourth-order valence-electron chi connectivity index (χ4n) is 2.37. The molecule has 1 aliphatic rings. The molecule has 1 aromatic carbocycles. The number of nitrogens with one attached hydrogen (secondary N) is 1. The molecule has 0 atom stereocenters. The Hall–Kier alpha value is -0.730. The highest BCUT2D eigenvalue weighted by molar-refractivity contribution is 6.33. The molecule has 0 aromatic heterocycles. The van der Waals surface area contributed by atoms with Crippen LogP contribution in [0.3, 0.4) is 0 Å². The van der Waals surface area contributed by atoms with Gasteiger partial charge in [-0.3, -0.25) is 0 Å². The van der Waals surface area contributed by atoms with Crippen LogP contribution in [-0.4, -0.2) is 31.1 Å². The van der Waals surface area contributed by atoms with Crippen LogP contribution < -0.4 is 5.32 Å². The maximum Gasteiger partial charge on any atom is 0.0637 e. The van der Waals surface area contributed by atoms with E-state index in [2.05, 4.69) is 17.1 Å². The number of hydrogen-bond donors (Lipinski definition) is 1. The molecule has 2 nitrogen and oxygen atoms in total. The Balaban J connectivity index is 1.71. The summed E-state index contributed by atoms with van der Waals surface area (Å²) in [7, 11) is 0. The minimum Gasteiger partial charge on any atom is -0.383 e. The van der Waals surface area contributed by atoms with Crippen LogP contribution in [-0.2, 0) is 0 Å². The van der Waals surface area contributed by atoms with Crippen molar-refractivity contribution >= 4 is 17.3 Å². The van der Waals surface area contributed by atoms with Crippen LogP contribution in [0.1, 0.15) is 26.2 Å². The summed E-state index contributed by atoms with van der Waals surface area (Å²) in [5.74, 6) is 0.949. The van der Waals surface area contributed by atoms with Crippen molar-refractivity contribution in [2.45, 2.75) is 26.2 Å². The highest BCUT2D eigenvalue weighted by Crippen LogP contribution is 2.27. The number of benzene rings is 1. The van der Waals surface area contributed by atoms with Gasteiger partial charge in [-0.1, -0.05) is 37.1 Å². The quantitative estimate of drug-likeness (QED) is 0.806. The van der Waals surface area contributed by atoms with E-state index in [0.29, 0.717) is 0 Å². The van der Waals surface area contributed by atoms with Crippen LogP contribution in [0, 0.1) is 5.92 Å². The number of halogens is 1. The maximum absolute atomic E-state index is 6.11. The van der Waals surface area contributed by atoms with Crippen molar-refractivity contribution in [1.29, 1.82) is 0 Å². The van der Waals surface area contributed by atoms with Gasteiger partial charge >= 0.3 is 0 Å². The topological polar surface area (TPSA) is 15.3 Å². The first-order valence-electron chi connectivity index (χ1n) is 7.00. The molecule has 18 heavy (non-hydrogen) atoms. The van der Waals surface area contributed by atoms with Crippen molar-refractivity contribution in [2.24, 2.45) is 5.92 Å². The van der Waals surface area contributed by atoms with E-state index < -0.39 is 0 Å². The summed E-state index contributed by atoms with van der Waals surface area (Å²) in [5.41, 5.74) is 1.04. The molecule has 0 bridgehead atoms. The van der Waals surface area contributed by atoms with Gasteiger partial charge in [0, 0.05) is 19.6 Å². The van der Waals surface area contributed by atoms with E-state index in [1.54, 1.807) is 0 Å². The van der Waals surface area contributed by atoms with Crippen LogP contribution in [0.5, 0.6) is 0 Å². The largest absolute Gasteiger partial charge is 0.383 e. The van der Waals surface area contributed by atoms with Crippen molar-refractivity contribution in [3.8, 4) is 0 Å². The summed E-state index contributed by atoms with van der Waals surface area (Å²) in [5, 5.41) is 4.22. The van der Waals surface area contributed by atoms with Gasteiger partial charge in [0.15, 0.2) is 0 Å².